The van der Waals surface area contributed by atoms with Crippen molar-refractivity contribution in [2.75, 3.05) is 18.6 Å². The van der Waals surface area contributed by atoms with Crippen LogP contribution in [0.1, 0.15) is 10.6 Å². The van der Waals surface area contributed by atoms with Crippen molar-refractivity contribution in [3.63, 3.8) is 0 Å². The number of aromatic nitrogens is 2. The average molecular weight is 589 g/mol. The van der Waals surface area contributed by atoms with E-state index in [1.54, 1.807) is 11.6 Å². The lowest BCUT2D eigenvalue weighted by Crippen LogP contribution is -2.71. The summed E-state index contributed by atoms with van der Waals surface area (Å²) in [5, 5.41) is 17.6. The van der Waals surface area contributed by atoms with E-state index in [1.165, 1.54) is 46.9 Å². The van der Waals surface area contributed by atoms with Gasteiger partial charge in [0.25, 0.3) is 11.8 Å². The summed E-state index contributed by atoms with van der Waals surface area (Å²) in [5.74, 6) is -1.98. The van der Waals surface area contributed by atoms with Crippen LogP contribution >= 0.6 is 46.2 Å². The molecular formula is C23H20N6O5S4. The first kappa shape index (κ1) is 26.2. The number of hydrogen-bond acceptors (Lipinski definition) is 12. The summed E-state index contributed by atoms with van der Waals surface area (Å²) in [6, 6.07) is 8.93. The van der Waals surface area contributed by atoms with Crippen molar-refractivity contribution in [1.82, 2.24) is 20.2 Å². The Bertz CT molecular complexity index is 1450. The number of hydrogen-bond donors (Lipinski definition) is 3. The number of thioether (sulfide) groups is 1. The maximum absolute atomic E-state index is 13.1. The van der Waals surface area contributed by atoms with Gasteiger partial charge >= 0.3 is 5.97 Å². The van der Waals surface area contributed by atoms with Gasteiger partial charge in [-0.1, -0.05) is 35.1 Å². The maximum atomic E-state index is 13.1. The smallest absolute Gasteiger partial charge is 0.352 e. The van der Waals surface area contributed by atoms with Gasteiger partial charge in [-0.3, -0.25) is 14.5 Å². The molecule has 5 rings (SSSR count). The van der Waals surface area contributed by atoms with Crippen molar-refractivity contribution in [1.29, 1.82) is 0 Å². The summed E-state index contributed by atoms with van der Waals surface area (Å²) in [5.41, 5.74) is 6.32. The fourth-order valence-corrected chi connectivity index (χ4v) is 7.89. The highest BCUT2D eigenvalue weighted by Gasteiger charge is 2.54. The molecule has 196 valence electrons. The molecule has 38 heavy (non-hydrogen) atoms. The Hall–Kier alpha value is -3.40. The molecule has 0 radical (unpaired) electrons. The Kier molecular flexibility index (Phi) is 7.69. The minimum Gasteiger partial charge on any atom is -0.477 e. The Balaban J connectivity index is 1.30. The molecule has 3 aromatic rings. The van der Waals surface area contributed by atoms with Crippen LogP contribution in [-0.2, 0) is 25.6 Å². The largest absolute Gasteiger partial charge is 0.477 e. The predicted molar refractivity (Wildman–Crippen MR) is 146 cm³/mol. The molecule has 11 nitrogen and oxygen atoms in total. The number of carbonyl (C=O) groups excluding carboxylic acids is 2. The van der Waals surface area contributed by atoms with Crippen LogP contribution in [0.15, 0.2) is 67.6 Å². The number of carboxylic acid groups (broad SMARTS) is 1. The van der Waals surface area contributed by atoms with Gasteiger partial charge in [0.15, 0.2) is 15.2 Å². The Morgan fingerprint density at radius 3 is 2.82 bits per heavy atom. The van der Waals surface area contributed by atoms with Crippen molar-refractivity contribution in [2.45, 2.75) is 27.1 Å². The molecule has 2 aliphatic heterocycles. The lowest BCUT2D eigenvalue weighted by molar-refractivity contribution is -0.150. The zero-order valence-electron chi connectivity index (χ0n) is 19.7. The van der Waals surface area contributed by atoms with Crippen LogP contribution in [0.3, 0.4) is 0 Å². The van der Waals surface area contributed by atoms with Crippen LogP contribution in [0.2, 0.25) is 0 Å². The number of fused-ring (bicyclic) bond motifs is 1. The second-order valence-electron chi connectivity index (χ2n) is 8.00. The summed E-state index contributed by atoms with van der Waals surface area (Å²) in [6.45, 7) is 0. The van der Waals surface area contributed by atoms with Gasteiger partial charge in [-0.15, -0.1) is 34.4 Å². The van der Waals surface area contributed by atoms with Gasteiger partial charge in [-0.2, -0.15) is 0 Å². The van der Waals surface area contributed by atoms with Gasteiger partial charge in [-0.25, -0.2) is 14.8 Å². The van der Waals surface area contributed by atoms with E-state index in [-0.39, 0.29) is 22.2 Å². The van der Waals surface area contributed by atoms with E-state index >= 15 is 0 Å². The monoisotopic (exact) mass is 588 g/mol. The van der Waals surface area contributed by atoms with E-state index in [9.17, 15) is 19.5 Å². The van der Waals surface area contributed by atoms with E-state index in [0.29, 0.717) is 17.7 Å². The number of amides is 2. The van der Waals surface area contributed by atoms with Crippen molar-refractivity contribution >= 4 is 74.8 Å². The average Bonchev–Trinajstić information content (AvgIpc) is 3.54. The maximum Gasteiger partial charge on any atom is 0.352 e. The fraction of sp³-hybridized carbons (Fsp3) is 0.217. The van der Waals surface area contributed by atoms with Crippen molar-refractivity contribution < 1.29 is 24.3 Å². The number of thiazole rings is 2. The van der Waals surface area contributed by atoms with Crippen LogP contribution in [0.4, 0.5) is 5.13 Å². The summed E-state index contributed by atoms with van der Waals surface area (Å²) in [7, 11) is 1.29. The number of carboxylic acids is 1. The van der Waals surface area contributed by atoms with Gasteiger partial charge in [0, 0.05) is 33.5 Å². The first-order valence-corrected chi connectivity index (χ1v) is 14.6. The summed E-state index contributed by atoms with van der Waals surface area (Å²) < 4.78 is 0.850. The predicted octanol–water partition coefficient (Wildman–Crippen LogP) is 2.66. The van der Waals surface area contributed by atoms with Crippen molar-refractivity contribution in [2.24, 2.45) is 5.16 Å². The summed E-state index contributed by atoms with van der Waals surface area (Å²) >= 11 is 5.55. The zero-order valence-corrected chi connectivity index (χ0v) is 23.0. The number of carbonyl (C=O) groups is 3. The van der Waals surface area contributed by atoms with Crippen LogP contribution < -0.4 is 11.1 Å². The number of nitrogens with zero attached hydrogens (tertiary/aromatic N) is 4. The van der Waals surface area contributed by atoms with E-state index in [0.717, 1.165) is 25.4 Å². The van der Waals surface area contributed by atoms with Crippen LogP contribution in [0, 0.1) is 0 Å². The molecule has 2 aliphatic rings. The second-order valence-corrected chi connectivity index (χ2v) is 12.4. The van der Waals surface area contributed by atoms with Crippen LogP contribution in [0.5, 0.6) is 0 Å². The molecule has 2 atom stereocenters. The fourth-order valence-electron chi connectivity index (χ4n) is 3.94. The normalized spacial score (nSPS) is 19.1. The van der Waals surface area contributed by atoms with Gasteiger partial charge in [0.1, 0.15) is 29.9 Å². The molecule has 1 saturated heterocycles. The second kappa shape index (κ2) is 11.1. The molecule has 0 bridgehead atoms. The third-order valence-electron chi connectivity index (χ3n) is 5.57. The third-order valence-corrected chi connectivity index (χ3v) is 9.66. The van der Waals surface area contributed by atoms with Gasteiger partial charge in [0.05, 0.1) is 0 Å². The number of nitrogens with one attached hydrogen (secondary N) is 1. The summed E-state index contributed by atoms with van der Waals surface area (Å²) in [6.07, 6.45) is 2.10. The summed E-state index contributed by atoms with van der Waals surface area (Å²) in [4.78, 5) is 54.7. The Labute approximate surface area is 233 Å². The van der Waals surface area contributed by atoms with Crippen molar-refractivity contribution in [3.05, 3.63) is 63.7 Å². The van der Waals surface area contributed by atoms with E-state index in [2.05, 4.69) is 20.4 Å². The molecule has 1 fully saturated rings. The number of β-lactam (4-membered cyclic amide) rings is 1. The SMILES string of the molecule is CO/N=C(\C(=O)NC1C(=O)N2C(C(=O)O)=C(Cc3cnc(Sc4ccccc4)s3)CSC12)c1csc(N)n1. The van der Waals surface area contributed by atoms with E-state index in [1.807, 2.05) is 30.3 Å². The molecule has 1 aromatic carbocycles. The van der Waals surface area contributed by atoms with Gasteiger partial charge < -0.3 is 21.0 Å². The molecule has 0 saturated carbocycles. The molecular weight excluding hydrogens is 569 g/mol. The highest BCUT2D eigenvalue weighted by atomic mass is 32.2. The van der Waals surface area contributed by atoms with Gasteiger partial charge in [-0.05, 0) is 17.7 Å². The first-order valence-electron chi connectivity index (χ1n) is 11.1. The first-order chi connectivity index (χ1) is 18.4. The minimum atomic E-state index is -1.19. The molecule has 2 amide bonds. The lowest BCUT2D eigenvalue weighted by atomic mass is 10.0. The van der Waals surface area contributed by atoms with Crippen LogP contribution in [-0.4, -0.2) is 67.7 Å². The number of oxime groups is 1. The molecule has 4 N–H and O–H groups in total. The Morgan fingerprint density at radius 1 is 1.34 bits per heavy atom. The standard InChI is InChI=1S/C23H20N6O5S4/c1-34-28-15(14-10-36-22(24)26-14)18(30)27-16-19(31)29-17(21(32)33)11(9-35-20(16)29)7-13-8-25-23(38-13)37-12-5-3-2-4-6-12/h2-6,8,10,16,20H,7,9H2,1H3,(H2,24,26)(H,27,30)(H,32,33)/b28-15-. The highest BCUT2D eigenvalue weighted by Crippen LogP contribution is 2.42. The molecule has 2 unspecified atom stereocenters. The van der Waals surface area contributed by atoms with Gasteiger partial charge in [0.2, 0.25) is 0 Å². The van der Waals surface area contributed by atoms with E-state index in [4.69, 9.17) is 10.6 Å². The van der Waals surface area contributed by atoms with Crippen molar-refractivity contribution in [3.8, 4) is 0 Å². The number of benzene rings is 1. The number of aliphatic carboxylic acids is 1. The minimum absolute atomic E-state index is 0.0482. The lowest BCUT2D eigenvalue weighted by Gasteiger charge is -2.49. The number of nitrogen functional groups attached to an aromatic ring is 1. The quantitative estimate of drug-likeness (QED) is 0.193. The topological polar surface area (TPSA) is 160 Å². The van der Waals surface area contributed by atoms with E-state index < -0.39 is 29.2 Å². The third kappa shape index (κ3) is 5.27. The molecule has 2 aromatic heterocycles. The molecule has 15 heteroatoms. The number of nitrogens with two attached hydrogens (primary N) is 1. The highest BCUT2D eigenvalue weighted by molar-refractivity contribution is 8.01. The zero-order chi connectivity index (χ0) is 26.8. The molecule has 4 heterocycles. The molecule has 0 spiro atoms. The van der Waals surface area contributed by atoms with Crippen LogP contribution in [0.25, 0.3) is 0 Å². The number of anilines is 1. The Morgan fingerprint density at radius 2 is 2.13 bits per heavy atom. The number of rotatable bonds is 9. The molecule has 0 aliphatic carbocycles.